The molecule has 0 atom stereocenters. The summed E-state index contributed by atoms with van der Waals surface area (Å²) in [6.45, 7) is 2.13. The fourth-order valence-electron chi connectivity index (χ4n) is 7.56. The van der Waals surface area contributed by atoms with Crippen molar-refractivity contribution in [3.8, 4) is 33.8 Å². The average Bonchev–Trinajstić information content (AvgIpc) is 3.51. The summed E-state index contributed by atoms with van der Waals surface area (Å²) in [6.07, 6.45) is 0.814. The Morgan fingerprint density at radius 2 is 1.14 bits per heavy atom. The molecule has 0 radical (unpaired) electrons. The zero-order chi connectivity index (χ0) is 27.8. The molecule has 6 aromatic rings. The molecule has 6 aromatic carbocycles. The molecule has 1 aliphatic heterocycles. The van der Waals surface area contributed by atoms with E-state index < -0.39 is 0 Å². The molecule has 2 aliphatic carbocycles. The second-order valence-electron chi connectivity index (χ2n) is 11.5. The number of ether oxygens (including phenoxy) is 1. The molecule has 0 unspecified atom stereocenters. The summed E-state index contributed by atoms with van der Waals surface area (Å²) in [4.78, 5) is 5.23. The Balaban J connectivity index is 1.23. The van der Waals surface area contributed by atoms with E-state index in [1.807, 2.05) is 24.3 Å². The molecule has 0 amide bonds. The number of hydrogen-bond acceptors (Lipinski definition) is 2. The van der Waals surface area contributed by atoms with Gasteiger partial charge >= 0.3 is 0 Å². The van der Waals surface area contributed by atoms with Gasteiger partial charge in [0.25, 0.3) is 0 Å². The molecule has 2 heteroatoms. The molecule has 3 aliphatic rings. The van der Waals surface area contributed by atoms with Gasteiger partial charge in [0, 0.05) is 17.7 Å². The maximum atomic E-state index is 6.26. The smallest absolute Gasteiger partial charge is 0.133 e. The van der Waals surface area contributed by atoms with Crippen LogP contribution in [0.3, 0.4) is 0 Å². The third kappa shape index (κ3) is 3.07. The van der Waals surface area contributed by atoms with Crippen molar-refractivity contribution in [2.45, 2.75) is 18.8 Å². The molecule has 0 aromatic heterocycles. The van der Waals surface area contributed by atoms with Crippen molar-refractivity contribution in [3.63, 3.8) is 0 Å². The van der Waals surface area contributed by atoms with Gasteiger partial charge in [0.2, 0.25) is 0 Å². The number of hydrogen-bond donors (Lipinski definition) is 0. The summed E-state index contributed by atoms with van der Waals surface area (Å²) in [7, 11) is 0. The number of para-hydroxylation sites is 1. The van der Waals surface area contributed by atoms with E-state index in [2.05, 4.69) is 116 Å². The van der Waals surface area contributed by atoms with Crippen LogP contribution in [0.2, 0.25) is 0 Å². The molecule has 1 spiro atoms. The van der Waals surface area contributed by atoms with Crippen LogP contribution in [-0.4, -0.2) is 5.71 Å². The molecule has 42 heavy (non-hydrogen) atoms. The van der Waals surface area contributed by atoms with Crippen molar-refractivity contribution >= 4 is 11.4 Å². The first-order chi connectivity index (χ1) is 20.7. The number of fused-ring (bicyclic) bond motifs is 12. The summed E-state index contributed by atoms with van der Waals surface area (Å²) < 4.78 is 6.26. The predicted octanol–water partition coefficient (Wildman–Crippen LogP) is 9.87. The lowest BCUT2D eigenvalue weighted by molar-refractivity contribution is 0.460. The van der Waals surface area contributed by atoms with Crippen LogP contribution in [0, 0.1) is 0 Å². The summed E-state index contributed by atoms with van der Waals surface area (Å²) in [5.74, 6) is 1.83. The van der Waals surface area contributed by atoms with E-state index in [1.165, 1.54) is 50.1 Å². The van der Waals surface area contributed by atoms with Crippen LogP contribution in [0.15, 0.2) is 138 Å². The average molecular weight is 538 g/mol. The SMILES string of the molecule is C/C(=N\c1cccc2c1Cc1ccccc1O2)c1ccc2c(c1)C1(c3ccccc3-c3ccccc31)c1ccccc1-2. The third-order valence-electron chi connectivity index (χ3n) is 9.37. The van der Waals surface area contributed by atoms with Crippen molar-refractivity contribution in [3.05, 3.63) is 172 Å². The molecule has 1 heterocycles. The predicted molar refractivity (Wildman–Crippen MR) is 170 cm³/mol. The summed E-state index contributed by atoms with van der Waals surface area (Å²) >= 11 is 0. The lowest BCUT2D eigenvalue weighted by Crippen LogP contribution is -2.26. The second kappa shape index (κ2) is 8.64. The van der Waals surface area contributed by atoms with Crippen molar-refractivity contribution in [2.24, 2.45) is 4.99 Å². The lowest BCUT2D eigenvalue weighted by atomic mass is 9.70. The van der Waals surface area contributed by atoms with Gasteiger partial charge in [-0.2, -0.15) is 0 Å². The van der Waals surface area contributed by atoms with E-state index in [-0.39, 0.29) is 5.41 Å². The highest BCUT2D eigenvalue weighted by Crippen LogP contribution is 2.62. The zero-order valence-corrected chi connectivity index (χ0v) is 23.3. The standard InChI is InChI=1S/C40H27NO/c1-25(41-37-18-10-20-39-32(37)23-27-11-2-9-19-38(27)42-39)26-21-22-31-30-14-5-8-17-35(30)40(36(31)24-26)33-15-6-3-12-28(33)29-13-4-7-16-34(29)40/h2-22,24H,23H2,1H3/b41-25+. The Hall–Kier alpha value is -5.21. The van der Waals surface area contributed by atoms with Crippen LogP contribution < -0.4 is 4.74 Å². The Morgan fingerprint density at radius 1 is 0.571 bits per heavy atom. The van der Waals surface area contributed by atoms with Crippen molar-refractivity contribution in [1.82, 2.24) is 0 Å². The number of aliphatic imine (C=N–C) groups is 1. The maximum absolute atomic E-state index is 6.26. The number of benzene rings is 6. The van der Waals surface area contributed by atoms with Crippen LogP contribution in [0.5, 0.6) is 11.5 Å². The molecule has 9 rings (SSSR count). The van der Waals surface area contributed by atoms with Gasteiger partial charge in [-0.3, -0.25) is 4.99 Å². The first-order valence-electron chi connectivity index (χ1n) is 14.6. The zero-order valence-electron chi connectivity index (χ0n) is 23.3. The number of rotatable bonds is 2. The van der Waals surface area contributed by atoms with Gasteiger partial charge in [-0.25, -0.2) is 0 Å². The van der Waals surface area contributed by atoms with E-state index in [1.54, 1.807) is 0 Å². The molecule has 198 valence electrons. The highest BCUT2D eigenvalue weighted by molar-refractivity contribution is 6.03. The third-order valence-corrected chi connectivity index (χ3v) is 9.37. The summed E-state index contributed by atoms with van der Waals surface area (Å²) in [5.41, 5.74) is 15.8. The second-order valence-corrected chi connectivity index (χ2v) is 11.5. The van der Waals surface area contributed by atoms with Gasteiger partial charge < -0.3 is 4.74 Å². The lowest BCUT2D eigenvalue weighted by Gasteiger charge is -2.30. The fourth-order valence-corrected chi connectivity index (χ4v) is 7.56. The molecule has 0 saturated heterocycles. The van der Waals surface area contributed by atoms with Gasteiger partial charge in [0.05, 0.1) is 11.1 Å². The normalized spacial score (nSPS) is 14.7. The molecule has 0 saturated carbocycles. The first kappa shape index (κ1) is 23.5. The van der Waals surface area contributed by atoms with Crippen LogP contribution in [-0.2, 0) is 11.8 Å². The molecular formula is C40H27NO. The Morgan fingerprint density at radius 3 is 1.83 bits per heavy atom. The molecule has 2 nitrogen and oxygen atoms in total. The van der Waals surface area contributed by atoms with E-state index in [0.717, 1.165) is 40.4 Å². The van der Waals surface area contributed by atoms with Gasteiger partial charge in [0.15, 0.2) is 0 Å². The molecule has 0 bridgehead atoms. The van der Waals surface area contributed by atoms with E-state index in [4.69, 9.17) is 9.73 Å². The molecule has 0 fully saturated rings. The highest BCUT2D eigenvalue weighted by atomic mass is 16.5. The topological polar surface area (TPSA) is 21.6 Å². The van der Waals surface area contributed by atoms with E-state index in [0.29, 0.717) is 0 Å². The van der Waals surface area contributed by atoms with Gasteiger partial charge in [-0.05, 0) is 86.8 Å². The Labute approximate surface area is 245 Å². The van der Waals surface area contributed by atoms with Crippen molar-refractivity contribution in [2.75, 3.05) is 0 Å². The first-order valence-corrected chi connectivity index (χ1v) is 14.6. The van der Waals surface area contributed by atoms with Crippen LogP contribution in [0.1, 0.15) is 45.9 Å². The van der Waals surface area contributed by atoms with Gasteiger partial charge in [-0.1, -0.05) is 109 Å². The minimum Gasteiger partial charge on any atom is -0.457 e. The fraction of sp³-hybridized carbons (Fsp3) is 0.0750. The largest absolute Gasteiger partial charge is 0.457 e. The minimum absolute atomic E-state index is 0.348. The van der Waals surface area contributed by atoms with Crippen molar-refractivity contribution < 1.29 is 4.74 Å². The van der Waals surface area contributed by atoms with E-state index in [9.17, 15) is 0 Å². The number of nitrogens with zero attached hydrogens (tertiary/aromatic N) is 1. The summed E-state index contributed by atoms with van der Waals surface area (Å²) in [5, 5.41) is 0. The van der Waals surface area contributed by atoms with Crippen LogP contribution in [0.25, 0.3) is 22.3 Å². The van der Waals surface area contributed by atoms with Gasteiger partial charge in [-0.15, -0.1) is 0 Å². The van der Waals surface area contributed by atoms with Crippen LogP contribution >= 0.6 is 0 Å². The Kier molecular flexibility index (Phi) is 4.83. The van der Waals surface area contributed by atoms with E-state index >= 15 is 0 Å². The van der Waals surface area contributed by atoms with Gasteiger partial charge in [0.1, 0.15) is 11.5 Å². The van der Waals surface area contributed by atoms with Crippen molar-refractivity contribution in [1.29, 1.82) is 0 Å². The quantitative estimate of drug-likeness (QED) is 0.201. The maximum Gasteiger partial charge on any atom is 0.133 e. The monoisotopic (exact) mass is 537 g/mol. The minimum atomic E-state index is -0.348. The molecular weight excluding hydrogens is 510 g/mol. The summed E-state index contributed by atoms with van der Waals surface area (Å²) in [6, 6.07) is 48.2. The molecule has 0 N–H and O–H groups in total. The Bertz CT molecular complexity index is 2050. The highest BCUT2D eigenvalue weighted by Gasteiger charge is 2.51. The van der Waals surface area contributed by atoms with Crippen LogP contribution in [0.4, 0.5) is 5.69 Å².